The average molecular weight is 444 g/mol. The lowest BCUT2D eigenvalue weighted by atomic mass is 10.0. The fourth-order valence-electron chi connectivity index (χ4n) is 1.68. The number of nitriles is 1. The lowest BCUT2D eigenvalue weighted by molar-refractivity contribution is 0.0976. The summed E-state index contributed by atoms with van der Waals surface area (Å²) in [5.41, 5.74) is 0.218. The minimum atomic E-state index is -1.13. The first-order valence-corrected chi connectivity index (χ1v) is 9.36. The van der Waals surface area contributed by atoms with E-state index in [2.05, 4.69) is 37.5 Å². The highest BCUT2D eigenvalue weighted by molar-refractivity contribution is 8.34. The van der Waals surface area contributed by atoms with E-state index >= 15 is 0 Å². The van der Waals surface area contributed by atoms with Gasteiger partial charge < -0.3 is 0 Å². The Hall–Kier alpha value is -1.31. The van der Waals surface area contributed by atoms with Crippen molar-refractivity contribution < 1.29 is 13.6 Å². The predicted molar refractivity (Wildman–Crippen MR) is 115 cm³/mol. The first-order valence-electron chi connectivity index (χ1n) is 6.83. The van der Waals surface area contributed by atoms with Crippen molar-refractivity contribution in [2.75, 3.05) is 0 Å². The van der Waals surface area contributed by atoms with E-state index in [9.17, 15) is 18.8 Å². The highest BCUT2D eigenvalue weighted by Crippen LogP contribution is 2.26. The Bertz CT molecular complexity index is 828. The van der Waals surface area contributed by atoms with Gasteiger partial charge in [-0.05, 0) is 48.5 Å². The van der Waals surface area contributed by atoms with Crippen LogP contribution in [-0.4, -0.2) is 13.5 Å². The Morgan fingerprint density at radius 2 is 1.42 bits per heavy atom. The van der Waals surface area contributed by atoms with E-state index in [1.807, 2.05) is 6.07 Å². The molecule has 0 spiro atoms. The van der Waals surface area contributed by atoms with Gasteiger partial charge in [0.2, 0.25) is 0 Å². The second kappa shape index (κ2) is 11.4. The molecule has 0 saturated heterocycles. The number of halogens is 2. The van der Waals surface area contributed by atoms with Crippen molar-refractivity contribution >= 4 is 75.0 Å². The lowest BCUT2D eigenvalue weighted by Crippen LogP contribution is -2.19. The van der Waals surface area contributed by atoms with E-state index in [4.69, 9.17) is 12.2 Å². The fourth-order valence-corrected chi connectivity index (χ4v) is 2.91. The fraction of sp³-hybridized carbons (Fsp3) is 0.0588. The Morgan fingerprint density at radius 3 is 1.85 bits per heavy atom. The largest absolute Gasteiger partial charge is 0.292 e. The van der Waals surface area contributed by atoms with E-state index in [0.29, 0.717) is 8.42 Å². The summed E-state index contributed by atoms with van der Waals surface area (Å²) in [6.07, 6.45) is 0. The zero-order chi connectivity index (χ0) is 19.7. The second-order valence-corrected chi connectivity index (χ2v) is 8.67. The minimum Gasteiger partial charge on any atom is -0.292 e. The minimum absolute atomic E-state index is 0.170. The number of hydrogen-bond donors (Lipinski definition) is 2. The number of benzene rings is 2. The van der Waals surface area contributed by atoms with Crippen LogP contribution < -0.4 is 0 Å². The van der Waals surface area contributed by atoms with Gasteiger partial charge in [-0.15, -0.1) is 25.3 Å². The maximum absolute atomic E-state index is 12.9. The molecule has 26 heavy (non-hydrogen) atoms. The number of carbonyl (C=O) groups is 1. The summed E-state index contributed by atoms with van der Waals surface area (Å²) in [6.45, 7) is 0. The standard InChI is InChI=1S/C16H9F2NOS2.CH2S3/c17-11-3-1-10(2-4-11)15(20)14(9-19)16(21)22-13-7-5-12(18)6-8-13;2-1(3)4/h1-8,14H;(H2,2,3,4). The molecule has 2 aromatic rings. The third-order valence-electron chi connectivity index (χ3n) is 2.79. The molecule has 2 nitrogen and oxygen atoms in total. The van der Waals surface area contributed by atoms with Crippen LogP contribution in [0.5, 0.6) is 0 Å². The quantitative estimate of drug-likeness (QED) is 0.281. The van der Waals surface area contributed by atoms with Crippen molar-refractivity contribution in [2.45, 2.75) is 4.90 Å². The molecule has 2 rings (SSSR count). The van der Waals surface area contributed by atoms with Gasteiger partial charge in [-0.1, -0.05) is 36.2 Å². The number of carbonyl (C=O) groups excluding carboxylic acids is 1. The summed E-state index contributed by atoms with van der Waals surface area (Å²) >= 11 is 17.6. The van der Waals surface area contributed by atoms with Gasteiger partial charge in [0.25, 0.3) is 0 Å². The maximum atomic E-state index is 12.9. The molecular formula is C17H11F2NOS5. The number of thiocarbonyl (C=S) groups is 2. The molecule has 0 saturated carbocycles. The van der Waals surface area contributed by atoms with Crippen LogP contribution in [0.2, 0.25) is 0 Å². The van der Waals surface area contributed by atoms with E-state index < -0.39 is 17.5 Å². The van der Waals surface area contributed by atoms with Crippen molar-refractivity contribution in [1.82, 2.24) is 0 Å². The van der Waals surface area contributed by atoms with Crippen LogP contribution in [0.25, 0.3) is 0 Å². The van der Waals surface area contributed by atoms with Gasteiger partial charge in [0, 0.05) is 10.5 Å². The predicted octanol–water partition coefficient (Wildman–Crippen LogP) is 5.54. The molecule has 0 fully saturated rings. The molecule has 0 bridgehead atoms. The molecule has 0 aromatic heterocycles. The molecule has 0 aliphatic carbocycles. The summed E-state index contributed by atoms with van der Waals surface area (Å²) in [5.74, 6) is -2.46. The first kappa shape index (κ1) is 22.7. The van der Waals surface area contributed by atoms with Crippen molar-refractivity contribution in [1.29, 1.82) is 5.26 Å². The molecule has 0 aliphatic rings. The number of thiol groups is 2. The molecule has 0 aliphatic heterocycles. The summed E-state index contributed by atoms with van der Waals surface area (Å²) in [4.78, 5) is 12.9. The number of thioether (sulfide) groups is 1. The molecule has 9 heteroatoms. The molecule has 1 atom stereocenters. The number of hydrogen-bond acceptors (Lipinski definition) is 5. The number of ketones is 1. The lowest BCUT2D eigenvalue weighted by Gasteiger charge is -2.09. The molecular weight excluding hydrogens is 433 g/mol. The summed E-state index contributed by atoms with van der Waals surface area (Å²) in [7, 11) is 0. The highest BCUT2D eigenvalue weighted by atomic mass is 32.2. The van der Waals surface area contributed by atoms with Crippen LogP contribution in [0.3, 0.4) is 0 Å². The second-order valence-electron chi connectivity index (χ2n) is 4.59. The van der Waals surface area contributed by atoms with Gasteiger partial charge in [-0.2, -0.15) is 5.26 Å². The molecule has 0 heterocycles. The van der Waals surface area contributed by atoms with Crippen LogP contribution >= 0.6 is 61.5 Å². The van der Waals surface area contributed by atoms with E-state index in [-0.39, 0.29) is 15.6 Å². The van der Waals surface area contributed by atoms with E-state index in [1.165, 1.54) is 36.4 Å². The van der Waals surface area contributed by atoms with Crippen LogP contribution in [0.15, 0.2) is 53.4 Å². The Labute approximate surface area is 175 Å². The van der Waals surface area contributed by atoms with Crippen molar-refractivity contribution in [3.05, 3.63) is 65.7 Å². The Balaban J connectivity index is 0.000000765. The smallest absolute Gasteiger partial charge is 0.185 e. The average Bonchev–Trinajstić information content (AvgIpc) is 2.57. The van der Waals surface area contributed by atoms with Gasteiger partial charge in [-0.25, -0.2) is 8.78 Å². The van der Waals surface area contributed by atoms with Crippen molar-refractivity contribution in [3.8, 4) is 6.07 Å². The number of Topliss-reactive ketones (excluding diaryl/α,β-unsaturated/α-hetero) is 1. The summed E-state index contributed by atoms with van der Waals surface area (Å²) < 4.78 is 26.3. The third kappa shape index (κ3) is 7.93. The van der Waals surface area contributed by atoms with Crippen LogP contribution in [-0.2, 0) is 0 Å². The highest BCUT2D eigenvalue weighted by Gasteiger charge is 2.25. The van der Waals surface area contributed by atoms with Crippen LogP contribution in [0, 0.1) is 28.9 Å². The summed E-state index contributed by atoms with van der Waals surface area (Å²) in [5, 5.41) is 9.20. The van der Waals surface area contributed by atoms with Crippen molar-refractivity contribution in [3.63, 3.8) is 0 Å². The van der Waals surface area contributed by atoms with Gasteiger partial charge in [0.15, 0.2) is 11.7 Å². The summed E-state index contributed by atoms with van der Waals surface area (Å²) in [6, 6.07) is 12.4. The van der Waals surface area contributed by atoms with E-state index in [1.54, 1.807) is 0 Å². The molecule has 134 valence electrons. The monoisotopic (exact) mass is 443 g/mol. The Kier molecular flexibility index (Phi) is 9.98. The number of rotatable bonds is 4. The van der Waals surface area contributed by atoms with Crippen LogP contribution in [0.1, 0.15) is 10.4 Å². The Morgan fingerprint density at radius 1 is 1.00 bits per heavy atom. The SMILES string of the molecule is N#CC(C(=O)c1ccc(F)cc1)C(=S)Sc1ccc(F)cc1.S=C(S)S. The zero-order valence-electron chi connectivity index (χ0n) is 12.9. The normalized spacial score (nSPS) is 10.7. The van der Waals surface area contributed by atoms with Gasteiger partial charge in [0.05, 0.1) is 13.8 Å². The maximum Gasteiger partial charge on any atom is 0.185 e. The first-order chi connectivity index (χ1) is 12.2. The van der Waals surface area contributed by atoms with Gasteiger partial charge in [-0.3, -0.25) is 4.79 Å². The molecule has 2 aromatic carbocycles. The third-order valence-corrected chi connectivity index (χ3v) is 4.22. The van der Waals surface area contributed by atoms with Gasteiger partial charge >= 0.3 is 0 Å². The number of nitrogens with zero attached hydrogens (tertiary/aromatic N) is 1. The van der Waals surface area contributed by atoms with E-state index in [0.717, 1.165) is 23.9 Å². The zero-order valence-corrected chi connectivity index (χ0v) is 17.2. The topological polar surface area (TPSA) is 40.9 Å². The molecule has 0 N–H and O–H groups in total. The van der Waals surface area contributed by atoms with Gasteiger partial charge in [0.1, 0.15) is 11.6 Å². The van der Waals surface area contributed by atoms with Crippen LogP contribution in [0.4, 0.5) is 8.78 Å². The van der Waals surface area contributed by atoms with Crippen molar-refractivity contribution in [2.24, 2.45) is 5.92 Å². The molecule has 0 amide bonds. The molecule has 0 radical (unpaired) electrons. The molecule has 1 unspecified atom stereocenters.